The highest BCUT2D eigenvalue weighted by Gasteiger charge is 2.49. The van der Waals surface area contributed by atoms with Gasteiger partial charge >= 0.3 is 0 Å². The zero-order valence-electron chi connectivity index (χ0n) is 20.6. The fourth-order valence-corrected chi connectivity index (χ4v) is 5.19. The van der Waals surface area contributed by atoms with E-state index in [1.807, 2.05) is 0 Å². The summed E-state index contributed by atoms with van der Waals surface area (Å²) in [5.41, 5.74) is -2.18. The molecule has 14 nitrogen and oxygen atoms in total. The van der Waals surface area contributed by atoms with Gasteiger partial charge in [-0.2, -0.15) is 0 Å². The minimum absolute atomic E-state index is 0.0766. The topological polar surface area (TPSA) is 251 Å². The SMILES string of the molecule is O=c1cc(-c2ccc(O)cc2)oc2c(C3O[C@H](CO)[C@@H](O)[C@H](O)[C@H]3O)c(O)c(C3O[C@@H](CO)[C@H](O)[C@H]3O)c(O)c12. The number of benzene rings is 2. The number of phenols is 3. The number of ether oxygens (including phenoxy) is 2. The first kappa shape index (κ1) is 28.2. The van der Waals surface area contributed by atoms with Crippen LogP contribution >= 0.6 is 0 Å². The molecule has 0 saturated carbocycles. The second kappa shape index (κ2) is 10.6. The Hall–Kier alpha value is -3.31. The quantitative estimate of drug-likeness (QED) is 0.165. The molecule has 0 amide bonds. The molecule has 3 aromatic rings. The number of rotatable bonds is 5. The normalized spacial score (nSPS) is 32.5. The molecule has 3 heterocycles. The second-order valence-electron chi connectivity index (χ2n) is 9.76. The van der Waals surface area contributed by atoms with Crippen LogP contribution in [-0.2, 0) is 9.47 Å². The first-order valence-corrected chi connectivity index (χ1v) is 12.3. The zero-order chi connectivity index (χ0) is 29.0. The molecule has 5 rings (SSSR count). The van der Waals surface area contributed by atoms with Crippen molar-refractivity contribution in [2.75, 3.05) is 13.2 Å². The smallest absolute Gasteiger partial charge is 0.197 e. The number of aromatic hydroxyl groups is 3. The van der Waals surface area contributed by atoms with E-state index in [0.717, 1.165) is 6.07 Å². The van der Waals surface area contributed by atoms with E-state index in [1.54, 1.807) is 0 Å². The van der Waals surface area contributed by atoms with E-state index in [1.165, 1.54) is 24.3 Å². The molecule has 216 valence electrons. The Balaban J connectivity index is 1.81. The predicted octanol–water partition coefficient (Wildman–Crippen LogP) is -1.75. The van der Waals surface area contributed by atoms with Crippen molar-refractivity contribution in [1.82, 2.24) is 0 Å². The van der Waals surface area contributed by atoms with Gasteiger partial charge in [-0.15, -0.1) is 0 Å². The fraction of sp³-hybridized carbons (Fsp3) is 0.423. The molecule has 2 aliphatic heterocycles. The molecule has 10 N–H and O–H groups in total. The molecular formula is C26H28O14. The van der Waals surface area contributed by atoms with Gasteiger partial charge in [0.2, 0.25) is 0 Å². The van der Waals surface area contributed by atoms with Crippen LogP contribution in [0.1, 0.15) is 23.3 Å². The number of hydrogen-bond donors (Lipinski definition) is 10. The average molecular weight is 564 g/mol. The second-order valence-corrected chi connectivity index (χ2v) is 9.76. The largest absolute Gasteiger partial charge is 0.508 e. The maximum atomic E-state index is 13.4. The minimum atomic E-state index is -1.96. The first-order chi connectivity index (χ1) is 19.0. The number of phenolic OH excluding ortho intramolecular Hbond substituents is 3. The summed E-state index contributed by atoms with van der Waals surface area (Å²) in [6, 6.07) is 6.47. The van der Waals surface area contributed by atoms with Gasteiger partial charge in [0.25, 0.3) is 0 Å². The standard InChI is InChI=1S/C26H28O14/c27-6-12-17(31)21(35)23(37)26(40-12)16-20(34)15(25-22(36)18(32)13(7-28)39-25)19(33)14-10(30)5-11(38-24(14)16)8-1-3-9(29)4-2-8/h1-5,12-13,17-18,21-23,25-29,31-37H,6-7H2/t12-,13+,17-,18+,21+,22-,23-,25?,26?/m1/s1. The maximum absolute atomic E-state index is 13.4. The lowest BCUT2D eigenvalue weighted by molar-refractivity contribution is -0.231. The van der Waals surface area contributed by atoms with Crippen molar-refractivity contribution in [3.05, 3.63) is 51.7 Å². The summed E-state index contributed by atoms with van der Waals surface area (Å²) in [6.45, 7) is -1.55. The molecule has 2 unspecified atom stereocenters. The predicted molar refractivity (Wildman–Crippen MR) is 132 cm³/mol. The molecular weight excluding hydrogens is 536 g/mol. The highest BCUT2D eigenvalue weighted by Crippen LogP contribution is 2.51. The third-order valence-electron chi connectivity index (χ3n) is 7.35. The van der Waals surface area contributed by atoms with E-state index in [4.69, 9.17) is 13.9 Å². The van der Waals surface area contributed by atoms with Crippen molar-refractivity contribution >= 4 is 11.0 Å². The molecule has 0 radical (unpaired) electrons. The van der Waals surface area contributed by atoms with E-state index < -0.39 is 107 Å². The molecule has 0 aliphatic carbocycles. The van der Waals surface area contributed by atoms with Crippen LogP contribution < -0.4 is 5.43 Å². The van der Waals surface area contributed by atoms with Gasteiger partial charge in [0.05, 0.1) is 24.3 Å². The Morgan fingerprint density at radius 3 is 1.75 bits per heavy atom. The van der Waals surface area contributed by atoms with Crippen LogP contribution in [0.2, 0.25) is 0 Å². The van der Waals surface area contributed by atoms with E-state index >= 15 is 0 Å². The molecule has 14 heteroatoms. The summed E-state index contributed by atoms with van der Waals surface area (Å²) in [5, 5.41) is 103. The zero-order valence-corrected chi connectivity index (χ0v) is 20.6. The van der Waals surface area contributed by atoms with Gasteiger partial charge < -0.3 is 65.0 Å². The number of aliphatic hydroxyl groups is 7. The Labute approximate surface area is 224 Å². The average Bonchev–Trinajstić information content (AvgIpc) is 3.21. The third kappa shape index (κ3) is 4.39. The Kier molecular flexibility index (Phi) is 7.47. The van der Waals surface area contributed by atoms with Gasteiger partial charge in [0.1, 0.15) is 83.3 Å². The lowest BCUT2D eigenvalue weighted by atomic mass is 9.87. The molecule has 0 spiro atoms. The highest BCUT2D eigenvalue weighted by molar-refractivity contribution is 5.92. The molecule has 2 saturated heterocycles. The van der Waals surface area contributed by atoms with Crippen molar-refractivity contribution < 1.29 is 65.0 Å². The van der Waals surface area contributed by atoms with Crippen molar-refractivity contribution in [3.63, 3.8) is 0 Å². The third-order valence-corrected chi connectivity index (χ3v) is 7.35. The lowest BCUT2D eigenvalue weighted by Crippen LogP contribution is -2.55. The Bertz CT molecular complexity index is 1450. The summed E-state index contributed by atoms with van der Waals surface area (Å²) in [6.07, 6.45) is -15.3. The molecule has 40 heavy (non-hydrogen) atoms. The van der Waals surface area contributed by atoms with E-state index in [9.17, 15) is 55.9 Å². The minimum Gasteiger partial charge on any atom is -0.508 e. The fourth-order valence-electron chi connectivity index (χ4n) is 5.19. The van der Waals surface area contributed by atoms with Crippen molar-refractivity contribution in [2.24, 2.45) is 0 Å². The molecule has 2 aliphatic rings. The summed E-state index contributed by atoms with van der Waals surface area (Å²) < 4.78 is 17.0. The van der Waals surface area contributed by atoms with Crippen LogP contribution in [0.15, 0.2) is 39.5 Å². The molecule has 2 fully saturated rings. The number of hydrogen-bond acceptors (Lipinski definition) is 14. The highest BCUT2D eigenvalue weighted by atomic mass is 16.6. The van der Waals surface area contributed by atoms with Gasteiger partial charge in [-0.3, -0.25) is 4.79 Å². The van der Waals surface area contributed by atoms with Gasteiger partial charge in [0.15, 0.2) is 11.0 Å². The van der Waals surface area contributed by atoms with Crippen molar-refractivity contribution in [1.29, 1.82) is 0 Å². The van der Waals surface area contributed by atoms with E-state index in [0.29, 0.717) is 5.56 Å². The lowest BCUT2D eigenvalue weighted by Gasteiger charge is -2.40. The Morgan fingerprint density at radius 2 is 1.20 bits per heavy atom. The molecule has 1 aromatic heterocycles. The number of fused-ring (bicyclic) bond motifs is 1. The summed E-state index contributed by atoms with van der Waals surface area (Å²) >= 11 is 0. The van der Waals surface area contributed by atoms with E-state index in [-0.39, 0.29) is 11.5 Å². The van der Waals surface area contributed by atoms with Crippen molar-refractivity contribution in [2.45, 2.75) is 54.9 Å². The summed E-state index contributed by atoms with van der Waals surface area (Å²) in [7, 11) is 0. The van der Waals surface area contributed by atoms with Crippen LogP contribution in [0.3, 0.4) is 0 Å². The molecule has 2 aromatic carbocycles. The van der Waals surface area contributed by atoms with Gasteiger partial charge in [-0.25, -0.2) is 0 Å². The van der Waals surface area contributed by atoms with Crippen LogP contribution in [0.25, 0.3) is 22.3 Å². The van der Waals surface area contributed by atoms with Gasteiger partial charge in [0, 0.05) is 11.6 Å². The monoisotopic (exact) mass is 564 g/mol. The van der Waals surface area contributed by atoms with Gasteiger partial charge in [-0.05, 0) is 24.3 Å². The number of aliphatic hydroxyl groups excluding tert-OH is 7. The Morgan fingerprint density at radius 1 is 0.675 bits per heavy atom. The van der Waals surface area contributed by atoms with Crippen LogP contribution in [0, 0.1) is 0 Å². The molecule has 0 bridgehead atoms. The van der Waals surface area contributed by atoms with Crippen molar-refractivity contribution in [3.8, 4) is 28.6 Å². The molecule has 9 atom stereocenters. The van der Waals surface area contributed by atoms with Crippen LogP contribution in [-0.4, -0.2) is 107 Å². The maximum Gasteiger partial charge on any atom is 0.197 e. The summed E-state index contributed by atoms with van der Waals surface area (Å²) in [5.74, 6) is -1.99. The van der Waals surface area contributed by atoms with E-state index in [2.05, 4.69) is 0 Å². The van der Waals surface area contributed by atoms with Gasteiger partial charge in [-0.1, -0.05) is 0 Å². The summed E-state index contributed by atoms with van der Waals surface area (Å²) in [4.78, 5) is 13.4. The van der Waals surface area contributed by atoms with Crippen LogP contribution in [0.5, 0.6) is 17.2 Å². The first-order valence-electron chi connectivity index (χ1n) is 12.3. The van der Waals surface area contributed by atoms with Crippen LogP contribution in [0.4, 0.5) is 0 Å².